The van der Waals surface area contributed by atoms with E-state index >= 15 is 0 Å². The first-order valence-electron chi connectivity index (χ1n) is 9.57. The Labute approximate surface area is 203 Å². The summed E-state index contributed by atoms with van der Waals surface area (Å²) in [5.41, 5.74) is 2.58. The minimum absolute atomic E-state index is 0.312. The van der Waals surface area contributed by atoms with Crippen LogP contribution in [0.4, 0.5) is 0 Å². The standard InChI is InChI=1S/C23H18BrClN4O2S/c1-30-20-12-15(11-18(24)21(20)31-14-17-9-5-6-10-19(17)25)13-26-29-22(27-28-23(29)32)16-7-3-2-4-8-16/h2-13H,14H2,1H3,(H,28,32)/b26-13-. The van der Waals surface area contributed by atoms with E-state index in [1.807, 2.05) is 66.7 Å². The lowest BCUT2D eigenvalue weighted by atomic mass is 10.2. The summed E-state index contributed by atoms with van der Waals surface area (Å²) in [4.78, 5) is 0. The number of nitrogens with one attached hydrogen (secondary N) is 1. The van der Waals surface area contributed by atoms with E-state index in [1.54, 1.807) is 18.0 Å². The number of aromatic nitrogens is 3. The molecule has 0 atom stereocenters. The van der Waals surface area contributed by atoms with Crippen molar-refractivity contribution in [1.82, 2.24) is 14.9 Å². The highest BCUT2D eigenvalue weighted by molar-refractivity contribution is 9.10. The first-order chi connectivity index (χ1) is 15.6. The molecule has 1 aromatic heterocycles. The first kappa shape index (κ1) is 22.3. The summed E-state index contributed by atoms with van der Waals surface area (Å²) in [5, 5.41) is 12.3. The van der Waals surface area contributed by atoms with E-state index in [0.29, 0.717) is 33.7 Å². The van der Waals surface area contributed by atoms with Crippen molar-refractivity contribution in [2.75, 3.05) is 7.11 Å². The van der Waals surface area contributed by atoms with Crippen molar-refractivity contribution in [2.45, 2.75) is 6.61 Å². The zero-order valence-corrected chi connectivity index (χ0v) is 20.1. The van der Waals surface area contributed by atoms with Crippen molar-refractivity contribution in [3.8, 4) is 22.9 Å². The topological polar surface area (TPSA) is 64.4 Å². The smallest absolute Gasteiger partial charge is 0.216 e. The van der Waals surface area contributed by atoms with Gasteiger partial charge in [0.2, 0.25) is 4.77 Å². The van der Waals surface area contributed by atoms with Gasteiger partial charge in [-0.15, -0.1) is 0 Å². The van der Waals surface area contributed by atoms with Crippen LogP contribution in [0.3, 0.4) is 0 Å². The lowest BCUT2D eigenvalue weighted by Gasteiger charge is -2.14. The predicted molar refractivity (Wildman–Crippen MR) is 132 cm³/mol. The van der Waals surface area contributed by atoms with Crippen LogP contribution in [0.1, 0.15) is 11.1 Å². The summed E-state index contributed by atoms with van der Waals surface area (Å²) in [6.07, 6.45) is 1.68. The van der Waals surface area contributed by atoms with Crippen LogP contribution < -0.4 is 9.47 Å². The second-order valence-corrected chi connectivity index (χ2v) is 8.34. The molecule has 0 fully saturated rings. The minimum atomic E-state index is 0.312. The van der Waals surface area contributed by atoms with E-state index in [-0.39, 0.29) is 0 Å². The summed E-state index contributed by atoms with van der Waals surface area (Å²) < 4.78 is 14.2. The number of benzene rings is 3. The van der Waals surface area contributed by atoms with Crippen molar-refractivity contribution < 1.29 is 9.47 Å². The molecule has 0 aliphatic rings. The van der Waals surface area contributed by atoms with Crippen molar-refractivity contribution in [2.24, 2.45) is 5.10 Å². The highest BCUT2D eigenvalue weighted by Gasteiger charge is 2.13. The molecule has 0 aliphatic carbocycles. The van der Waals surface area contributed by atoms with Crippen LogP contribution in [0.5, 0.6) is 11.5 Å². The van der Waals surface area contributed by atoms with Gasteiger partial charge in [0, 0.05) is 16.1 Å². The lowest BCUT2D eigenvalue weighted by Crippen LogP contribution is -2.00. The summed E-state index contributed by atoms with van der Waals surface area (Å²) >= 11 is 15.1. The van der Waals surface area contributed by atoms with Gasteiger partial charge in [-0.1, -0.05) is 60.1 Å². The molecule has 0 unspecified atom stereocenters. The molecule has 0 amide bonds. The number of halogens is 2. The second-order valence-electron chi connectivity index (χ2n) is 6.69. The predicted octanol–water partition coefficient (Wildman–Crippen LogP) is 6.49. The van der Waals surface area contributed by atoms with Gasteiger partial charge in [-0.25, -0.2) is 5.10 Å². The zero-order valence-electron chi connectivity index (χ0n) is 17.0. The summed E-state index contributed by atoms with van der Waals surface area (Å²) in [7, 11) is 1.59. The zero-order chi connectivity index (χ0) is 22.5. The van der Waals surface area contributed by atoms with Gasteiger partial charge in [-0.3, -0.25) is 0 Å². The molecular formula is C23H18BrClN4O2S. The average Bonchev–Trinajstić information content (AvgIpc) is 3.18. The Morgan fingerprint density at radius 1 is 1.16 bits per heavy atom. The summed E-state index contributed by atoms with van der Waals surface area (Å²) in [6, 6.07) is 21.0. The van der Waals surface area contributed by atoms with Crippen molar-refractivity contribution in [3.63, 3.8) is 0 Å². The molecule has 1 heterocycles. The molecule has 3 aromatic carbocycles. The molecule has 32 heavy (non-hydrogen) atoms. The second kappa shape index (κ2) is 10.1. The fourth-order valence-electron chi connectivity index (χ4n) is 3.02. The normalized spacial score (nSPS) is 11.1. The van der Waals surface area contributed by atoms with Crippen molar-refractivity contribution >= 4 is 46.0 Å². The average molecular weight is 530 g/mol. The fourth-order valence-corrected chi connectivity index (χ4v) is 3.96. The molecule has 0 bridgehead atoms. The number of methoxy groups -OCH3 is 1. The SMILES string of the molecule is COc1cc(/C=N\n2c(-c3ccccc3)n[nH]c2=S)cc(Br)c1OCc1ccccc1Cl. The lowest BCUT2D eigenvalue weighted by molar-refractivity contribution is 0.282. The monoisotopic (exact) mass is 528 g/mol. The largest absolute Gasteiger partial charge is 0.493 e. The van der Waals surface area contributed by atoms with Crippen LogP contribution >= 0.6 is 39.7 Å². The van der Waals surface area contributed by atoms with Gasteiger partial charge < -0.3 is 9.47 Å². The van der Waals surface area contributed by atoms with Crippen LogP contribution in [-0.2, 0) is 6.61 Å². The highest BCUT2D eigenvalue weighted by Crippen LogP contribution is 2.37. The number of rotatable bonds is 7. The van der Waals surface area contributed by atoms with E-state index < -0.39 is 0 Å². The molecule has 0 spiro atoms. The fraction of sp³-hybridized carbons (Fsp3) is 0.0870. The van der Waals surface area contributed by atoms with Gasteiger partial charge >= 0.3 is 0 Å². The molecule has 0 saturated heterocycles. The Hall–Kier alpha value is -2.94. The number of aromatic amines is 1. The van der Waals surface area contributed by atoms with Crippen LogP contribution in [0.15, 0.2) is 76.3 Å². The van der Waals surface area contributed by atoms with Gasteiger partial charge in [0.1, 0.15) is 6.61 Å². The van der Waals surface area contributed by atoms with E-state index in [1.165, 1.54) is 0 Å². The Kier molecular flexibility index (Phi) is 7.04. The van der Waals surface area contributed by atoms with E-state index in [9.17, 15) is 0 Å². The van der Waals surface area contributed by atoms with E-state index in [2.05, 4.69) is 31.2 Å². The summed E-state index contributed by atoms with van der Waals surface area (Å²) in [6.45, 7) is 0.312. The Morgan fingerprint density at radius 2 is 1.91 bits per heavy atom. The molecular weight excluding hydrogens is 512 g/mol. The number of hydrogen-bond acceptors (Lipinski definition) is 5. The molecule has 6 nitrogen and oxygen atoms in total. The maximum atomic E-state index is 6.23. The molecule has 162 valence electrons. The number of ether oxygens (including phenoxy) is 2. The van der Waals surface area contributed by atoms with Crippen molar-refractivity contribution in [3.05, 3.63) is 92.1 Å². The molecule has 0 radical (unpaired) electrons. The molecule has 1 N–H and O–H groups in total. The first-order valence-corrected chi connectivity index (χ1v) is 11.2. The third-order valence-corrected chi connectivity index (χ3v) is 5.81. The highest BCUT2D eigenvalue weighted by atomic mass is 79.9. The Morgan fingerprint density at radius 3 is 2.66 bits per heavy atom. The van der Waals surface area contributed by atoms with E-state index in [4.69, 9.17) is 33.3 Å². The molecule has 0 saturated carbocycles. The maximum Gasteiger partial charge on any atom is 0.216 e. The van der Waals surface area contributed by atoms with Crippen molar-refractivity contribution in [1.29, 1.82) is 0 Å². The molecule has 9 heteroatoms. The van der Waals surface area contributed by atoms with Crippen LogP contribution in [0.25, 0.3) is 11.4 Å². The third kappa shape index (κ3) is 4.93. The van der Waals surface area contributed by atoms with Gasteiger partial charge in [-0.2, -0.15) is 14.9 Å². The van der Waals surface area contributed by atoms with Crippen LogP contribution in [0.2, 0.25) is 5.02 Å². The molecule has 4 rings (SSSR count). The number of hydrogen-bond donors (Lipinski definition) is 1. The van der Waals surface area contributed by atoms with Crippen LogP contribution in [0, 0.1) is 4.77 Å². The quantitative estimate of drug-likeness (QED) is 0.219. The Bertz CT molecular complexity index is 1320. The van der Waals surface area contributed by atoms with Crippen LogP contribution in [-0.4, -0.2) is 28.2 Å². The van der Waals surface area contributed by atoms with Gasteiger partial charge in [0.25, 0.3) is 0 Å². The molecule has 0 aliphatic heterocycles. The maximum absolute atomic E-state index is 6.23. The number of H-pyrrole nitrogens is 1. The van der Waals surface area contributed by atoms with Gasteiger partial charge in [0.15, 0.2) is 17.3 Å². The minimum Gasteiger partial charge on any atom is -0.493 e. The molecule has 4 aromatic rings. The van der Waals surface area contributed by atoms with E-state index in [0.717, 1.165) is 21.2 Å². The summed E-state index contributed by atoms with van der Waals surface area (Å²) in [5.74, 6) is 1.76. The van der Waals surface area contributed by atoms with Gasteiger partial charge in [0.05, 0.1) is 17.8 Å². The van der Waals surface area contributed by atoms with Gasteiger partial charge in [-0.05, 0) is 51.9 Å². The Balaban J connectivity index is 1.60. The third-order valence-electron chi connectivity index (χ3n) is 4.59. The number of nitrogens with zero attached hydrogens (tertiary/aromatic N) is 3.